The average Bonchev–Trinajstić information content (AvgIpc) is 2.59. The van der Waals surface area contributed by atoms with Crippen molar-refractivity contribution in [3.63, 3.8) is 0 Å². The molecule has 4 nitrogen and oxygen atoms in total. The van der Waals surface area contributed by atoms with Gasteiger partial charge in [-0.05, 0) is 42.5 Å². The van der Waals surface area contributed by atoms with Crippen molar-refractivity contribution in [2.24, 2.45) is 0 Å². The minimum atomic E-state index is -0.336. The second-order valence-electron chi connectivity index (χ2n) is 5.08. The van der Waals surface area contributed by atoms with Crippen molar-refractivity contribution in [2.45, 2.75) is 25.7 Å². The lowest BCUT2D eigenvalue weighted by Crippen LogP contribution is -2.17. The van der Waals surface area contributed by atoms with E-state index in [1.807, 2.05) is 30.3 Å². The maximum atomic E-state index is 10.8. The zero-order valence-corrected chi connectivity index (χ0v) is 12.5. The standard InChI is InChI=1S/C18H21NO3/c20-18(19-21)9-5-2-6-14-22-17-12-10-16(11-13-17)15-7-3-1-4-8-15/h1,3-4,7-8,10-13,21H,2,5-6,9,14H2,(H,19,20). The van der Waals surface area contributed by atoms with Gasteiger partial charge in [0.2, 0.25) is 5.91 Å². The number of nitrogens with one attached hydrogen (secondary N) is 1. The predicted octanol–water partition coefficient (Wildman–Crippen LogP) is 3.80. The maximum absolute atomic E-state index is 10.8. The second kappa shape index (κ2) is 8.85. The highest BCUT2D eigenvalue weighted by atomic mass is 16.5. The Morgan fingerprint density at radius 3 is 2.27 bits per heavy atom. The van der Waals surface area contributed by atoms with E-state index < -0.39 is 0 Å². The molecule has 2 rings (SSSR count). The highest BCUT2D eigenvalue weighted by Gasteiger charge is 2.00. The third kappa shape index (κ3) is 5.22. The molecule has 0 radical (unpaired) electrons. The molecule has 2 aromatic carbocycles. The second-order valence-corrected chi connectivity index (χ2v) is 5.08. The summed E-state index contributed by atoms with van der Waals surface area (Å²) in [4.78, 5) is 10.8. The van der Waals surface area contributed by atoms with E-state index >= 15 is 0 Å². The van der Waals surface area contributed by atoms with Gasteiger partial charge < -0.3 is 4.74 Å². The molecule has 0 bridgehead atoms. The van der Waals surface area contributed by atoms with Crippen LogP contribution in [0.1, 0.15) is 25.7 Å². The number of unbranched alkanes of at least 4 members (excludes halogenated alkanes) is 2. The number of amides is 1. The molecule has 0 heterocycles. The number of carbonyl (C=O) groups excluding carboxylic acids is 1. The number of benzene rings is 2. The Kier molecular flexibility index (Phi) is 6.45. The SMILES string of the molecule is O=C(CCCCCOc1ccc(-c2ccccc2)cc1)NO. The van der Waals surface area contributed by atoms with Gasteiger partial charge in [-0.25, -0.2) is 5.48 Å². The van der Waals surface area contributed by atoms with E-state index in [2.05, 4.69) is 24.3 Å². The first-order valence-electron chi connectivity index (χ1n) is 7.51. The lowest BCUT2D eigenvalue weighted by Gasteiger charge is -2.07. The van der Waals surface area contributed by atoms with Gasteiger partial charge in [-0.3, -0.25) is 10.0 Å². The van der Waals surface area contributed by atoms with Crippen LogP contribution in [0.4, 0.5) is 0 Å². The highest BCUT2D eigenvalue weighted by molar-refractivity contribution is 5.74. The number of hydrogen-bond donors (Lipinski definition) is 2. The molecule has 2 N–H and O–H groups in total. The normalized spacial score (nSPS) is 10.2. The molecule has 0 aromatic heterocycles. The number of hydroxylamine groups is 1. The zero-order chi connectivity index (χ0) is 15.6. The first kappa shape index (κ1) is 16.0. The molecule has 0 aliphatic carbocycles. The van der Waals surface area contributed by atoms with E-state index in [9.17, 15) is 4.79 Å². The lowest BCUT2D eigenvalue weighted by atomic mass is 10.1. The fourth-order valence-corrected chi connectivity index (χ4v) is 2.18. The van der Waals surface area contributed by atoms with Gasteiger partial charge in [-0.2, -0.15) is 0 Å². The van der Waals surface area contributed by atoms with Crippen LogP contribution in [0.2, 0.25) is 0 Å². The van der Waals surface area contributed by atoms with Crippen LogP contribution in [0.25, 0.3) is 11.1 Å². The van der Waals surface area contributed by atoms with Gasteiger partial charge in [0.1, 0.15) is 5.75 Å². The molecule has 0 atom stereocenters. The average molecular weight is 299 g/mol. The summed E-state index contributed by atoms with van der Waals surface area (Å²) in [7, 11) is 0. The van der Waals surface area contributed by atoms with E-state index in [-0.39, 0.29) is 5.91 Å². The van der Waals surface area contributed by atoms with Crippen LogP contribution >= 0.6 is 0 Å². The summed E-state index contributed by atoms with van der Waals surface area (Å²) in [6.07, 6.45) is 2.89. The first-order valence-corrected chi connectivity index (χ1v) is 7.51. The van der Waals surface area contributed by atoms with Gasteiger partial charge in [0.05, 0.1) is 6.61 Å². The Hall–Kier alpha value is -2.33. The summed E-state index contributed by atoms with van der Waals surface area (Å²) in [6, 6.07) is 18.3. The fourth-order valence-electron chi connectivity index (χ4n) is 2.18. The summed E-state index contributed by atoms with van der Waals surface area (Å²) in [5.74, 6) is 0.519. The van der Waals surface area contributed by atoms with Crippen molar-refractivity contribution < 1.29 is 14.7 Å². The third-order valence-corrected chi connectivity index (χ3v) is 3.40. The molecular formula is C18H21NO3. The van der Waals surface area contributed by atoms with Crippen LogP contribution in [-0.4, -0.2) is 17.7 Å². The Morgan fingerprint density at radius 2 is 1.59 bits per heavy atom. The minimum Gasteiger partial charge on any atom is -0.494 e. The van der Waals surface area contributed by atoms with Gasteiger partial charge in [-0.1, -0.05) is 42.5 Å². The summed E-state index contributed by atoms with van der Waals surface area (Å²) in [6.45, 7) is 0.630. The van der Waals surface area contributed by atoms with E-state index in [1.165, 1.54) is 11.1 Å². The topological polar surface area (TPSA) is 58.6 Å². The smallest absolute Gasteiger partial charge is 0.243 e. The van der Waals surface area contributed by atoms with Gasteiger partial charge in [0, 0.05) is 6.42 Å². The van der Waals surface area contributed by atoms with Crippen molar-refractivity contribution in [2.75, 3.05) is 6.61 Å². The van der Waals surface area contributed by atoms with E-state index in [1.54, 1.807) is 5.48 Å². The van der Waals surface area contributed by atoms with Crippen LogP contribution in [0.3, 0.4) is 0 Å². The molecule has 0 fully saturated rings. The Morgan fingerprint density at radius 1 is 0.909 bits per heavy atom. The molecule has 1 amide bonds. The van der Waals surface area contributed by atoms with Gasteiger partial charge in [0.25, 0.3) is 0 Å². The fraction of sp³-hybridized carbons (Fsp3) is 0.278. The van der Waals surface area contributed by atoms with Gasteiger partial charge in [-0.15, -0.1) is 0 Å². The lowest BCUT2D eigenvalue weighted by molar-refractivity contribution is -0.129. The molecule has 0 aliphatic rings. The van der Waals surface area contributed by atoms with Crippen LogP contribution in [0.5, 0.6) is 5.75 Å². The molecule has 2 aromatic rings. The zero-order valence-electron chi connectivity index (χ0n) is 12.5. The van der Waals surface area contributed by atoms with Crippen LogP contribution in [0, 0.1) is 0 Å². The van der Waals surface area contributed by atoms with Crippen molar-refractivity contribution in [1.82, 2.24) is 5.48 Å². The number of rotatable bonds is 8. The monoisotopic (exact) mass is 299 g/mol. The quantitative estimate of drug-likeness (QED) is 0.443. The number of ether oxygens (including phenoxy) is 1. The molecule has 0 aliphatic heterocycles. The van der Waals surface area contributed by atoms with E-state index in [4.69, 9.17) is 9.94 Å². The molecule has 0 spiro atoms. The largest absolute Gasteiger partial charge is 0.494 e. The van der Waals surface area contributed by atoms with E-state index in [0.29, 0.717) is 13.0 Å². The van der Waals surface area contributed by atoms with Crippen molar-refractivity contribution >= 4 is 5.91 Å². The van der Waals surface area contributed by atoms with E-state index in [0.717, 1.165) is 25.0 Å². The van der Waals surface area contributed by atoms with Crippen LogP contribution in [0.15, 0.2) is 54.6 Å². The van der Waals surface area contributed by atoms with Gasteiger partial charge in [0.15, 0.2) is 0 Å². The Bertz CT molecular complexity index is 567. The number of hydrogen-bond acceptors (Lipinski definition) is 3. The first-order chi connectivity index (χ1) is 10.8. The van der Waals surface area contributed by atoms with Crippen LogP contribution in [-0.2, 0) is 4.79 Å². The predicted molar refractivity (Wildman–Crippen MR) is 85.8 cm³/mol. The maximum Gasteiger partial charge on any atom is 0.243 e. The Labute approximate surface area is 130 Å². The summed E-state index contributed by atoms with van der Waals surface area (Å²) < 4.78 is 5.68. The molecule has 0 saturated carbocycles. The highest BCUT2D eigenvalue weighted by Crippen LogP contribution is 2.22. The molecule has 22 heavy (non-hydrogen) atoms. The minimum absolute atomic E-state index is 0.336. The van der Waals surface area contributed by atoms with Crippen molar-refractivity contribution in [1.29, 1.82) is 0 Å². The molecule has 0 saturated heterocycles. The molecule has 0 unspecified atom stereocenters. The van der Waals surface area contributed by atoms with Gasteiger partial charge >= 0.3 is 0 Å². The number of carbonyl (C=O) groups is 1. The summed E-state index contributed by atoms with van der Waals surface area (Å²) in [5.41, 5.74) is 3.99. The summed E-state index contributed by atoms with van der Waals surface area (Å²) >= 11 is 0. The molecular weight excluding hydrogens is 278 g/mol. The third-order valence-electron chi connectivity index (χ3n) is 3.40. The molecule has 116 valence electrons. The summed E-state index contributed by atoms with van der Waals surface area (Å²) in [5, 5.41) is 8.37. The van der Waals surface area contributed by atoms with Crippen LogP contribution < -0.4 is 10.2 Å². The van der Waals surface area contributed by atoms with Crippen molar-refractivity contribution in [3.05, 3.63) is 54.6 Å². The Balaban J connectivity index is 1.70. The molecule has 4 heteroatoms. The van der Waals surface area contributed by atoms with Crippen molar-refractivity contribution in [3.8, 4) is 16.9 Å².